The van der Waals surface area contributed by atoms with Gasteiger partial charge in [-0.2, -0.15) is 6.08 Å². The summed E-state index contributed by atoms with van der Waals surface area (Å²) in [6.45, 7) is 12.2. The fourth-order valence-electron chi connectivity index (χ4n) is 3.40. The molecule has 0 saturated carbocycles. The molecule has 1 atom stereocenters. The van der Waals surface area contributed by atoms with E-state index in [4.69, 9.17) is 4.74 Å². The Balaban J connectivity index is 0. The van der Waals surface area contributed by atoms with Crippen molar-refractivity contribution in [3.8, 4) is 0 Å². The third-order valence-electron chi connectivity index (χ3n) is 4.54. The molecule has 1 radical (unpaired) electrons. The molecule has 2 aliphatic carbocycles. The van der Waals surface area contributed by atoms with Gasteiger partial charge in [-0.05, 0) is 37.2 Å². The summed E-state index contributed by atoms with van der Waals surface area (Å²) in [5.74, 6) is 0. The Hall–Kier alpha value is 0.214. The molecule has 2 rings (SSSR count). The average molecular weight is 418 g/mol. The van der Waals surface area contributed by atoms with Gasteiger partial charge in [0, 0.05) is 6.61 Å². The Morgan fingerprint density at radius 1 is 1.24 bits per heavy atom. The van der Waals surface area contributed by atoms with Gasteiger partial charge in [-0.15, -0.1) is 6.42 Å². The Morgan fingerprint density at radius 3 is 2.44 bits per heavy atom. The number of allylic oxidation sites excluding steroid dienone is 5. The van der Waals surface area contributed by atoms with E-state index >= 15 is 0 Å². The van der Waals surface area contributed by atoms with Crippen molar-refractivity contribution in [2.24, 2.45) is 5.41 Å². The number of rotatable bonds is 6. The first-order chi connectivity index (χ1) is 10.4. The number of halogens is 2. The molecule has 139 valence electrons. The molecule has 0 bridgehead atoms. The van der Waals surface area contributed by atoms with E-state index in [-0.39, 0.29) is 57.5 Å². The Morgan fingerprint density at radius 2 is 1.92 bits per heavy atom. The quantitative estimate of drug-likeness (QED) is 0.334. The summed E-state index contributed by atoms with van der Waals surface area (Å²) in [5.41, 5.74) is 4.03. The predicted octanol–water partition coefficient (Wildman–Crippen LogP) is -0.0505. The molecule has 0 fully saturated rings. The molecule has 1 unspecified atom stereocenters. The second-order valence-corrected chi connectivity index (χ2v) is 7.64. The molecule has 0 spiro atoms. The molecule has 0 N–H and O–H groups in total. The molecule has 0 aliphatic heterocycles. The van der Waals surface area contributed by atoms with Crippen LogP contribution in [0.1, 0.15) is 66.7 Å². The number of ether oxygens (including phenoxy) is 1. The smallest absolute Gasteiger partial charge is 1.00 e. The van der Waals surface area contributed by atoms with Gasteiger partial charge in [0.05, 0.1) is 5.60 Å². The fraction of sp³-hybridized carbons (Fsp3) is 0.619. The molecular weight excluding hydrogens is 387 g/mol. The summed E-state index contributed by atoms with van der Waals surface area (Å²) in [5, 5.41) is 0. The third-order valence-corrected chi connectivity index (χ3v) is 4.54. The van der Waals surface area contributed by atoms with Crippen molar-refractivity contribution in [3.63, 3.8) is 0 Å². The topological polar surface area (TPSA) is 9.23 Å². The summed E-state index contributed by atoms with van der Waals surface area (Å²) in [6, 6.07) is 0. The largest absolute Gasteiger partial charge is 3.00 e. The van der Waals surface area contributed by atoms with E-state index in [1.54, 1.807) is 0 Å². The van der Waals surface area contributed by atoms with Crippen LogP contribution in [0.25, 0.3) is 0 Å². The summed E-state index contributed by atoms with van der Waals surface area (Å²) in [7, 11) is 0. The van der Waals surface area contributed by atoms with Crippen LogP contribution in [0.5, 0.6) is 0 Å². The zero-order valence-corrected chi connectivity index (χ0v) is 19.3. The van der Waals surface area contributed by atoms with E-state index in [1.165, 1.54) is 23.1 Å². The van der Waals surface area contributed by atoms with E-state index in [0.29, 0.717) is 0 Å². The summed E-state index contributed by atoms with van der Waals surface area (Å²) >= 11 is 0. The molecule has 0 aromatic carbocycles. The minimum atomic E-state index is -0.191. The van der Waals surface area contributed by atoms with E-state index in [1.807, 2.05) is 0 Å². The maximum Gasteiger partial charge on any atom is 3.00 e. The molecule has 0 saturated heterocycles. The second-order valence-electron chi connectivity index (χ2n) is 7.64. The first-order valence-electron chi connectivity index (χ1n) is 8.67. The predicted molar refractivity (Wildman–Crippen MR) is 94.6 cm³/mol. The van der Waals surface area contributed by atoms with Crippen LogP contribution in [0, 0.1) is 11.5 Å². The van der Waals surface area contributed by atoms with E-state index in [9.17, 15) is 0 Å². The van der Waals surface area contributed by atoms with Gasteiger partial charge in [-0.1, -0.05) is 51.8 Å². The Kier molecular flexibility index (Phi) is 13.0. The SMILES string of the molecule is CCCCOC1(CC2=[C-]CC=C2)CC=C(C)C=C1C(C)(C)C.[Cl-].[Cl-].[Ti+3]. The first kappa shape index (κ1) is 27.4. The molecule has 0 heterocycles. The Labute approximate surface area is 182 Å². The second kappa shape index (κ2) is 11.8. The van der Waals surface area contributed by atoms with Crippen LogP contribution in [0.4, 0.5) is 0 Å². The van der Waals surface area contributed by atoms with E-state index in [2.05, 4.69) is 65.0 Å². The maximum absolute atomic E-state index is 6.55. The molecule has 1 nitrogen and oxygen atoms in total. The van der Waals surface area contributed by atoms with Crippen molar-refractivity contribution in [1.29, 1.82) is 0 Å². The molecule has 0 aromatic rings. The number of unbranched alkanes of at least 4 members (excludes halogenated alkanes) is 1. The van der Waals surface area contributed by atoms with Crippen molar-refractivity contribution >= 4 is 0 Å². The van der Waals surface area contributed by atoms with Crippen molar-refractivity contribution in [2.45, 2.75) is 72.3 Å². The minimum absolute atomic E-state index is 0. The third kappa shape index (κ3) is 7.39. The first-order valence-corrected chi connectivity index (χ1v) is 8.67. The van der Waals surface area contributed by atoms with Gasteiger partial charge < -0.3 is 29.6 Å². The van der Waals surface area contributed by atoms with Gasteiger partial charge in [-0.25, -0.2) is 11.6 Å². The van der Waals surface area contributed by atoms with Crippen LogP contribution in [0.2, 0.25) is 0 Å². The maximum atomic E-state index is 6.55. The van der Waals surface area contributed by atoms with Gasteiger partial charge in [0.1, 0.15) is 0 Å². The van der Waals surface area contributed by atoms with E-state index < -0.39 is 0 Å². The summed E-state index contributed by atoms with van der Waals surface area (Å²) in [6.07, 6.45) is 17.8. The molecule has 25 heavy (non-hydrogen) atoms. The van der Waals surface area contributed by atoms with Crippen molar-refractivity contribution in [3.05, 3.63) is 47.1 Å². The molecule has 0 amide bonds. The van der Waals surface area contributed by atoms with Gasteiger partial charge >= 0.3 is 21.7 Å². The summed E-state index contributed by atoms with van der Waals surface area (Å²) in [4.78, 5) is 0. The van der Waals surface area contributed by atoms with Crippen LogP contribution in [-0.4, -0.2) is 12.2 Å². The van der Waals surface area contributed by atoms with Crippen molar-refractivity contribution < 1.29 is 51.3 Å². The van der Waals surface area contributed by atoms with Crippen molar-refractivity contribution in [2.75, 3.05) is 6.61 Å². The monoisotopic (exact) mass is 417 g/mol. The standard InChI is InChI=1S/C21H31O.2ClH.Ti/c1-6-7-14-22-21(16-18-10-8-9-11-18)13-12-17(2)15-19(21)20(3,4)5;;;/h8,10,12,15H,6-7,9,13-14,16H2,1-5H3;2*1H;/q-1;;;+3/p-2. The zero-order chi connectivity index (χ0) is 16.2. The fourth-order valence-corrected chi connectivity index (χ4v) is 3.40. The molecular formula is C21H31Cl2OTi. The van der Waals surface area contributed by atoms with Gasteiger partial charge in [-0.3, -0.25) is 6.08 Å². The summed E-state index contributed by atoms with van der Waals surface area (Å²) < 4.78 is 6.55. The molecule has 4 heteroatoms. The minimum Gasteiger partial charge on any atom is -1.00 e. The van der Waals surface area contributed by atoms with Crippen LogP contribution < -0.4 is 24.8 Å². The normalized spacial score (nSPS) is 22.0. The van der Waals surface area contributed by atoms with Crippen LogP contribution in [-0.2, 0) is 26.5 Å². The molecule has 2 aliphatic rings. The number of hydrogen-bond donors (Lipinski definition) is 0. The zero-order valence-electron chi connectivity index (χ0n) is 16.2. The Bertz CT molecular complexity index is 527. The van der Waals surface area contributed by atoms with Gasteiger partial charge in [0.25, 0.3) is 0 Å². The van der Waals surface area contributed by atoms with Crippen LogP contribution >= 0.6 is 0 Å². The van der Waals surface area contributed by atoms with E-state index in [0.717, 1.165) is 32.3 Å². The average Bonchev–Trinajstić information content (AvgIpc) is 2.93. The van der Waals surface area contributed by atoms with Crippen LogP contribution in [0.15, 0.2) is 41.0 Å². The number of hydrogen-bond acceptors (Lipinski definition) is 1. The molecule has 0 aromatic heterocycles. The van der Waals surface area contributed by atoms with Crippen LogP contribution in [0.3, 0.4) is 0 Å². The van der Waals surface area contributed by atoms with Crippen molar-refractivity contribution in [1.82, 2.24) is 0 Å². The van der Waals surface area contributed by atoms with Gasteiger partial charge in [0.15, 0.2) is 0 Å². The van der Waals surface area contributed by atoms with Gasteiger partial charge in [0.2, 0.25) is 0 Å².